The monoisotopic (exact) mass is 272 g/mol. The van der Waals surface area contributed by atoms with Gasteiger partial charge in [0.25, 0.3) is 0 Å². The first-order valence-corrected chi connectivity index (χ1v) is 5.72. The minimum Gasteiger partial charge on any atom is -0.360 e. The van der Waals surface area contributed by atoms with Crippen molar-refractivity contribution in [2.45, 2.75) is 6.42 Å². The lowest BCUT2D eigenvalue weighted by Crippen LogP contribution is -2.24. The van der Waals surface area contributed by atoms with Crippen LogP contribution in [0.25, 0.3) is 0 Å². The van der Waals surface area contributed by atoms with Crippen molar-refractivity contribution in [2.24, 2.45) is 0 Å². The summed E-state index contributed by atoms with van der Waals surface area (Å²) in [6, 6.07) is 1.93. The van der Waals surface area contributed by atoms with Crippen molar-refractivity contribution < 1.29 is 0 Å². The first-order chi connectivity index (χ1) is 7.09. The summed E-state index contributed by atoms with van der Waals surface area (Å²) in [6.45, 7) is 2.10. The molecule has 0 spiro atoms. The summed E-state index contributed by atoms with van der Waals surface area (Å²) in [6.07, 6.45) is 2.70. The predicted molar refractivity (Wildman–Crippen MR) is 66.2 cm³/mol. The van der Waals surface area contributed by atoms with Crippen LogP contribution in [0.4, 0.5) is 5.82 Å². The van der Waals surface area contributed by atoms with E-state index in [1.165, 1.54) is 0 Å². The van der Waals surface area contributed by atoms with E-state index in [9.17, 15) is 0 Å². The topological polar surface area (TPSA) is 32.3 Å². The van der Waals surface area contributed by atoms with Crippen LogP contribution in [0.2, 0.25) is 0 Å². The zero-order valence-corrected chi connectivity index (χ0v) is 11.0. The van der Waals surface area contributed by atoms with Gasteiger partial charge in [-0.1, -0.05) is 0 Å². The van der Waals surface area contributed by atoms with Gasteiger partial charge in [-0.25, -0.2) is 9.97 Å². The summed E-state index contributed by atoms with van der Waals surface area (Å²) in [5.74, 6) is 0.954. The Morgan fingerprint density at radius 2 is 1.93 bits per heavy atom. The SMILES string of the molecule is CN(C)CCCN(C)c1cc(Br)ncn1. The van der Waals surface area contributed by atoms with E-state index in [-0.39, 0.29) is 0 Å². The average molecular weight is 273 g/mol. The van der Waals surface area contributed by atoms with Crippen LogP contribution in [-0.4, -0.2) is 49.1 Å². The van der Waals surface area contributed by atoms with Gasteiger partial charge in [0.2, 0.25) is 0 Å². The lowest BCUT2D eigenvalue weighted by Gasteiger charge is -2.19. The van der Waals surface area contributed by atoms with Gasteiger partial charge in [0.05, 0.1) is 0 Å². The maximum atomic E-state index is 4.21. The third-order valence-corrected chi connectivity index (χ3v) is 2.54. The number of aromatic nitrogens is 2. The number of hydrogen-bond donors (Lipinski definition) is 0. The largest absolute Gasteiger partial charge is 0.360 e. The normalized spacial score (nSPS) is 10.7. The van der Waals surface area contributed by atoms with Crippen molar-refractivity contribution in [1.29, 1.82) is 0 Å². The average Bonchev–Trinajstić information content (AvgIpc) is 2.17. The van der Waals surface area contributed by atoms with Crippen LogP contribution in [-0.2, 0) is 0 Å². The van der Waals surface area contributed by atoms with Crippen LogP contribution in [0, 0.1) is 0 Å². The molecule has 0 bridgehead atoms. The Balaban J connectivity index is 2.43. The highest BCUT2D eigenvalue weighted by Gasteiger charge is 2.02. The molecule has 0 N–H and O–H groups in total. The molecular formula is C10H17BrN4. The van der Waals surface area contributed by atoms with Gasteiger partial charge in [0.15, 0.2) is 0 Å². The molecule has 0 aliphatic heterocycles. The summed E-state index contributed by atoms with van der Waals surface area (Å²) in [5, 5.41) is 0. The Labute approximate surface area is 99.4 Å². The Kier molecular flexibility index (Phi) is 4.98. The zero-order valence-electron chi connectivity index (χ0n) is 9.44. The first-order valence-electron chi connectivity index (χ1n) is 4.93. The van der Waals surface area contributed by atoms with Crippen LogP contribution >= 0.6 is 15.9 Å². The number of rotatable bonds is 5. The van der Waals surface area contributed by atoms with E-state index in [0.29, 0.717) is 0 Å². The van der Waals surface area contributed by atoms with Crippen LogP contribution in [0.5, 0.6) is 0 Å². The molecule has 0 amide bonds. The molecule has 15 heavy (non-hydrogen) atoms. The molecule has 0 radical (unpaired) electrons. The fourth-order valence-corrected chi connectivity index (χ4v) is 1.57. The number of nitrogens with zero attached hydrogens (tertiary/aromatic N) is 4. The van der Waals surface area contributed by atoms with Gasteiger partial charge < -0.3 is 9.80 Å². The molecule has 4 nitrogen and oxygen atoms in total. The molecule has 5 heteroatoms. The van der Waals surface area contributed by atoms with E-state index in [0.717, 1.165) is 29.9 Å². The van der Waals surface area contributed by atoms with Crippen LogP contribution in [0.1, 0.15) is 6.42 Å². The van der Waals surface area contributed by atoms with Crippen LogP contribution in [0.15, 0.2) is 17.0 Å². The maximum absolute atomic E-state index is 4.21. The number of halogens is 1. The molecule has 0 fully saturated rings. The highest BCUT2D eigenvalue weighted by Crippen LogP contribution is 2.13. The molecule has 84 valence electrons. The van der Waals surface area contributed by atoms with Crippen molar-refractivity contribution in [3.05, 3.63) is 17.0 Å². The molecule has 0 atom stereocenters. The van der Waals surface area contributed by atoms with E-state index in [4.69, 9.17) is 0 Å². The van der Waals surface area contributed by atoms with E-state index in [1.54, 1.807) is 6.33 Å². The predicted octanol–water partition coefficient (Wildman–Crippen LogP) is 1.63. The summed E-state index contributed by atoms with van der Waals surface area (Å²) in [7, 11) is 6.22. The van der Waals surface area contributed by atoms with Crippen molar-refractivity contribution in [3.63, 3.8) is 0 Å². The highest BCUT2D eigenvalue weighted by atomic mass is 79.9. The minimum absolute atomic E-state index is 0.826. The second-order valence-corrected chi connectivity index (χ2v) is 4.59. The van der Waals surface area contributed by atoms with Crippen molar-refractivity contribution in [1.82, 2.24) is 14.9 Å². The molecule has 1 aromatic rings. The second kappa shape index (κ2) is 6.02. The maximum Gasteiger partial charge on any atom is 0.132 e. The Morgan fingerprint density at radius 3 is 2.53 bits per heavy atom. The van der Waals surface area contributed by atoms with Gasteiger partial charge in [0.1, 0.15) is 16.7 Å². The molecule has 1 aromatic heterocycles. The Bertz CT molecular complexity index is 303. The van der Waals surface area contributed by atoms with E-state index >= 15 is 0 Å². The summed E-state index contributed by atoms with van der Waals surface area (Å²) in [4.78, 5) is 12.5. The van der Waals surface area contributed by atoms with Crippen LogP contribution < -0.4 is 4.90 Å². The molecule has 0 aliphatic rings. The molecule has 0 saturated heterocycles. The lowest BCUT2D eigenvalue weighted by atomic mass is 10.3. The van der Waals surface area contributed by atoms with Gasteiger partial charge >= 0.3 is 0 Å². The molecule has 0 unspecified atom stereocenters. The zero-order chi connectivity index (χ0) is 11.3. The number of anilines is 1. The molecule has 1 rings (SSSR count). The standard InChI is InChI=1S/C10H17BrN4/c1-14(2)5-4-6-15(3)10-7-9(11)12-8-13-10/h7-8H,4-6H2,1-3H3. The van der Waals surface area contributed by atoms with E-state index in [2.05, 4.69) is 49.8 Å². The van der Waals surface area contributed by atoms with Gasteiger partial charge in [-0.3, -0.25) is 0 Å². The van der Waals surface area contributed by atoms with Crippen molar-refractivity contribution in [3.8, 4) is 0 Å². The molecule has 0 aliphatic carbocycles. The molecular weight excluding hydrogens is 256 g/mol. The second-order valence-electron chi connectivity index (χ2n) is 3.78. The van der Waals surface area contributed by atoms with Crippen molar-refractivity contribution >= 4 is 21.7 Å². The highest BCUT2D eigenvalue weighted by molar-refractivity contribution is 9.10. The van der Waals surface area contributed by atoms with Gasteiger partial charge in [-0.2, -0.15) is 0 Å². The van der Waals surface area contributed by atoms with Crippen molar-refractivity contribution in [2.75, 3.05) is 39.1 Å². The smallest absolute Gasteiger partial charge is 0.132 e. The Hall–Kier alpha value is -0.680. The van der Waals surface area contributed by atoms with Gasteiger partial charge in [-0.05, 0) is 43.0 Å². The molecule has 1 heterocycles. The third-order valence-electron chi connectivity index (χ3n) is 2.11. The van der Waals surface area contributed by atoms with E-state index < -0.39 is 0 Å². The minimum atomic E-state index is 0.826. The van der Waals surface area contributed by atoms with Gasteiger partial charge in [0, 0.05) is 19.7 Å². The molecule has 0 aromatic carbocycles. The fourth-order valence-electron chi connectivity index (χ4n) is 1.27. The Morgan fingerprint density at radius 1 is 1.20 bits per heavy atom. The van der Waals surface area contributed by atoms with Crippen LogP contribution in [0.3, 0.4) is 0 Å². The third kappa shape index (κ3) is 4.57. The summed E-state index contributed by atoms with van der Waals surface area (Å²) >= 11 is 3.34. The quantitative estimate of drug-likeness (QED) is 0.763. The first kappa shape index (κ1) is 12.4. The fraction of sp³-hybridized carbons (Fsp3) is 0.600. The van der Waals surface area contributed by atoms with Gasteiger partial charge in [-0.15, -0.1) is 0 Å². The lowest BCUT2D eigenvalue weighted by molar-refractivity contribution is 0.401. The summed E-state index contributed by atoms with van der Waals surface area (Å²) in [5.41, 5.74) is 0. The molecule has 0 saturated carbocycles. The summed E-state index contributed by atoms with van der Waals surface area (Å²) < 4.78 is 0.826. The number of hydrogen-bond acceptors (Lipinski definition) is 4. The van der Waals surface area contributed by atoms with E-state index in [1.807, 2.05) is 13.1 Å².